The van der Waals surface area contributed by atoms with Crippen molar-refractivity contribution >= 4 is 33.2 Å². The Kier molecular flexibility index (Phi) is 5.90. The van der Waals surface area contributed by atoms with Crippen molar-refractivity contribution in [2.24, 2.45) is 0 Å². The molecule has 0 aliphatic carbocycles. The van der Waals surface area contributed by atoms with E-state index in [4.69, 9.17) is 4.74 Å². The molecule has 2 amide bonds. The van der Waals surface area contributed by atoms with Crippen molar-refractivity contribution in [1.82, 2.24) is 4.31 Å². The fourth-order valence-corrected chi connectivity index (χ4v) is 3.98. The van der Waals surface area contributed by atoms with Crippen LogP contribution >= 0.6 is 0 Å². The zero-order valence-corrected chi connectivity index (χ0v) is 17.3. The summed E-state index contributed by atoms with van der Waals surface area (Å²) in [6, 6.07) is 10.8. The number of rotatable bonds is 6. The standard InChI is InChI=1S/C20H23N3O5S/c1-22(2)29(26,27)16-9-6-14(7-10-16)20(25)21-15-8-11-17(18(13-15)28-3)23-12-4-5-19(23)24/h6-11,13H,4-5,12H2,1-3H3,(H,21,25). The molecule has 0 atom stereocenters. The minimum absolute atomic E-state index is 0.0489. The summed E-state index contributed by atoms with van der Waals surface area (Å²) in [7, 11) is 0.851. The normalized spacial score (nSPS) is 14.3. The number of hydrogen-bond acceptors (Lipinski definition) is 5. The zero-order chi connectivity index (χ0) is 21.2. The van der Waals surface area contributed by atoms with Crippen LogP contribution in [0.15, 0.2) is 47.4 Å². The predicted octanol–water partition coefficient (Wildman–Crippen LogP) is 2.32. The van der Waals surface area contributed by atoms with Gasteiger partial charge in [-0.1, -0.05) is 0 Å². The van der Waals surface area contributed by atoms with Gasteiger partial charge in [0.2, 0.25) is 15.9 Å². The maximum absolute atomic E-state index is 12.5. The summed E-state index contributed by atoms with van der Waals surface area (Å²) in [5.41, 5.74) is 1.50. The summed E-state index contributed by atoms with van der Waals surface area (Å²) in [5.74, 6) is 0.157. The highest BCUT2D eigenvalue weighted by Crippen LogP contribution is 2.34. The Morgan fingerprint density at radius 3 is 2.38 bits per heavy atom. The Hall–Kier alpha value is -2.91. The first kappa shape index (κ1) is 20.8. The first-order chi connectivity index (χ1) is 13.7. The molecule has 1 aliphatic rings. The number of amides is 2. The Bertz CT molecular complexity index is 1030. The molecule has 0 saturated carbocycles. The van der Waals surface area contributed by atoms with E-state index < -0.39 is 10.0 Å². The monoisotopic (exact) mass is 417 g/mol. The van der Waals surface area contributed by atoms with Gasteiger partial charge in [-0.25, -0.2) is 12.7 Å². The molecule has 2 aromatic carbocycles. The van der Waals surface area contributed by atoms with Crippen molar-refractivity contribution in [1.29, 1.82) is 0 Å². The molecule has 3 rings (SSSR count). The van der Waals surface area contributed by atoms with E-state index in [0.717, 1.165) is 10.7 Å². The van der Waals surface area contributed by atoms with Gasteiger partial charge in [0.15, 0.2) is 0 Å². The quantitative estimate of drug-likeness (QED) is 0.778. The number of methoxy groups -OCH3 is 1. The van der Waals surface area contributed by atoms with E-state index in [1.807, 2.05) is 0 Å². The van der Waals surface area contributed by atoms with Gasteiger partial charge in [0.1, 0.15) is 5.75 Å². The van der Waals surface area contributed by atoms with E-state index in [1.54, 1.807) is 23.1 Å². The van der Waals surface area contributed by atoms with Gasteiger partial charge in [0.05, 0.1) is 17.7 Å². The second-order valence-electron chi connectivity index (χ2n) is 6.80. The van der Waals surface area contributed by atoms with E-state index in [-0.39, 0.29) is 16.7 Å². The molecule has 1 heterocycles. The fraction of sp³-hybridized carbons (Fsp3) is 0.300. The Labute approximate surface area is 170 Å². The number of nitrogens with zero attached hydrogens (tertiary/aromatic N) is 2. The van der Waals surface area contributed by atoms with E-state index >= 15 is 0 Å². The van der Waals surface area contributed by atoms with Crippen LogP contribution in [0.5, 0.6) is 5.75 Å². The summed E-state index contributed by atoms with van der Waals surface area (Å²) >= 11 is 0. The number of carbonyl (C=O) groups excluding carboxylic acids is 2. The van der Waals surface area contributed by atoms with Gasteiger partial charge in [-0.3, -0.25) is 9.59 Å². The summed E-state index contributed by atoms with van der Waals surface area (Å²) < 4.78 is 30.7. The van der Waals surface area contributed by atoms with Gasteiger partial charge in [-0.15, -0.1) is 0 Å². The summed E-state index contributed by atoms with van der Waals surface area (Å²) in [6.45, 7) is 0.642. The molecule has 1 N–H and O–H groups in total. The van der Waals surface area contributed by atoms with Crippen molar-refractivity contribution in [3.05, 3.63) is 48.0 Å². The van der Waals surface area contributed by atoms with Crippen LogP contribution in [0.25, 0.3) is 0 Å². The van der Waals surface area contributed by atoms with Gasteiger partial charge in [-0.2, -0.15) is 0 Å². The van der Waals surface area contributed by atoms with Gasteiger partial charge in [-0.05, 0) is 42.8 Å². The van der Waals surface area contributed by atoms with E-state index in [0.29, 0.717) is 35.7 Å². The molecule has 0 unspecified atom stereocenters. The van der Waals surface area contributed by atoms with Crippen LogP contribution in [0.1, 0.15) is 23.2 Å². The maximum Gasteiger partial charge on any atom is 0.255 e. The predicted molar refractivity (Wildman–Crippen MR) is 110 cm³/mol. The topological polar surface area (TPSA) is 96.0 Å². The maximum atomic E-state index is 12.5. The lowest BCUT2D eigenvalue weighted by Gasteiger charge is -2.19. The lowest BCUT2D eigenvalue weighted by molar-refractivity contribution is -0.117. The van der Waals surface area contributed by atoms with Crippen molar-refractivity contribution in [3.8, 4) is 5.75 Å². The van der Waals surface area contributed by atoms with Crippen LogP contribution in [0.3, 0.4) is 0 Å². The van der Waals surface area contributed by atoms with Gasteiger partial charge < -0.3 is 15.0 Å². The minimum Gasteiger partial charge on any atom is -0.494 e. The van der Waals surface area contributed by atoms with Gasteiger partial charge >= 0.3 is 0 Å². The number of hydrogen-bond donors (Lipinski definition) is 1. The van der Waals surface area contributed by atoms with Crippen molar-refractivity contribution in [3.63, 3.8) is 0 Å². The van der Waals surface area contributed by atoms with Crippen LogP contribution in [0, 0.1) is 0 Å². The number of nitrogens with one attached hydrogen (secondary N) is 1. The molecule has 154 valence electrons. The smallest absolute Gasteiger partial charge is 0.255 e. The van der Waals surface area contributed by atoms with E-state index in [1.165, 1.54) is 45.5 Å². The van der Waals surface area contributed by atoms with Crippen molar-refractivity contribution in [2.45, 2.75) is 17.7 Å². The number of anilines is 2. The average Bonchev–Trinajstić information content (AvgIpc) is 3.13. The van der Waals surface area contributed by atoms with Gasteiger partial charge in [0, 0.05) is 44.4 Å². The third-order valence-corrected chi connectivity index (χ3v) is 6.53. The lowest BCUT2D eigenvalue weighted by Crippen LogP contribution is -2.24. The Morgan fingerprint density at radius 2 is 1.83 bits per heavy atom. The van der Waals surface area contributed by atoms with Crippen LogP contribution in [0.2, 0.25) is 0 Å². The fourth-order valence-electron chi connectivity index (χ4n) is 3.07. The summed E-state index contributed by atoms with van der Waals surface area (Å²) in [6.07, 6.45) is 1.32. The first-order valence-electron chi connectivity index (χ1n) is 9.06. The van der Waals surface area contributed by atoms with Crippen LogP contribution in [-0.4, -0.2) is 52.3 Å². The largest absolute Gasteiger partial charge is 0.494 e. The van der Waals surface area contributed by atoms with E-state index in [2.05, 4.69) is 5.32 Å². The molecule has 0 aromatic heterocycles. The number of benzene rings is 2. The van der Waals surface area contributed by atoms with Crippen molar-refractivity contribution in [2.75, 3.05) is 38.0 Å². The molecule has 0 radical (unpaired) electrons. The minimum atomic E-state index is -3.55. The molecular formula is C20H23N3O5S. The molecule has 2 aromatic rings. The average molecular weight is 417 g/mol. The molecule has 0 bridgehead atoms. The van der Waals surface area contributed by atoms with Gasteiger partial charge in [0.25, 0.3) is 5.91 Å². The number of sulfonamides is 1. The number of ether oxygens (including phenoxy) is 1. The lowest BCUT2D eigenvalue weighted by atomic mass is 10.2. The molecule has 8 nitrogen and oxygen atoms in total. The second-order valence-corrected chi connectivity index (χ2v) is 8.95. The third-order valence-electron chi connectivity index (χ3n) is 4.70. The summed E-state index contributed by atoms with van der Waals surface area (Å²) in [4.78, 5) is 26.3. The second kappa shape index (κ2) is 8.22. The highest BCUT2D eigenvalue weighted by Gasteiger charge is 2.24. The molecule has 1 saturated heterocycles. The Morgan fingerprint density at radius 1 is 1.14 bits per heavy atom. The molecule has 0 spiro atoms. The molecule has 9 heteroatoms. The van der Waals surface area contributed by atoms with Crippen LogP contribution < -0.4 is 15.0 Å². The summed E-state index contributed by atoms with van der Waals surface area (Å²) in [5, 5.41) is 2.76. The van der Waals surface area contributed by atoms with E-state index in [9.17, 15) is 18.0 Å². The first-order valence-corrected chi connectivity index (χ1v) is 10.5. The third kappa shape index (κ3) is 4.25. The highest BCUT2D eigenvalue weighted by molar-refractivity contribution is 7.89. The van der Waals surface area contributed by atoms with Crippen LogP contribution in [0.4, 0.5) is 11.4 Å². The molecule has 1 aliphatic heterocycles. The molecule has 29 heavy (non-hydrogen) atoms. The van der Waals surface area contributed by atoms with Crippen molar-refractivity contribution < 1.29 is 22.7 Å². The SMILES string of the molecule is COc1cc(NC(=O)c2ccc(S(=O)(=O)N(C)C)cc2)ccc1N1CCCC1=O. The highest BCUT2D eigenvalue weighted by atomic mass is 32.2. The molecular weight excluding hydrogens is 394 g/mol. The zero-order valence-electron chi connectivity index (χ0n) is 16.5. The number of carbonyl (C=O) groups is 2. The van der Waals surface area contributed by atoms with Crippen LogP contribution in [-0.2, 0) is 14.8 Å². The Balaban J connectivity index is 1.78. The molecule has 1 fully saturated rings.